The molecule has 0 amide bonds. The van der Waals surface area contributed by atoms with E-state index in [2.05, 4.69) is 25.9 Å². The minimum atomic E-state index is -0.339. The van der Waals surface area contributed by atoms with Gasteiger partial charge in [0.15, 0.2) is 0 Å². The molecule has 2 rings (SSSR count). The zero-order valence-electron chi connectivity index (χ0n) is 9.69. The Labute approximate surface area is 117 Å². The normalized spacial score (nSPS) is 10.2. The fraction of sp³-hybridized carbons (Fsp3) is 0.0833. The lowest BCUT2D eigenvalue weighted by atomic mass is 10.0. The van der Waals surface area contributed by atoms with Crippen LogP contribution in [-0.2, 0) is 5.33 Å². The predicted molar refractivity (Wildman–Crippen MR) is 73.6 cm³/mol. The van der Waals surface area contributed by atoms with Crippen LogP contribution in [0.15, 0.2) is 18.2 Å². The zero-order valence-corrected chi connectivity index (χ0v) is 11.3. The van der Waals surface area contributed by atoms with Crippen LogP contribution in [0.1, 0.15) is 11.1 Å². The Morgan fingerprint density at radius 1 is 1.32 bits per heavy atom. The number of hydrogen-bond donors (Lipinski definition) is 2. The summed E-state index contributed by atoms with van der Waals surface area (Å²) in [7, 11) is 0. The molecular weight excluding hydrogens is 313 g/mol. The highest BCUT2D eigenvalue weighted by atomic mass is 79.9. The van der Waals surface area contributed by atoms with Gasteiger partial charge in [-0.25, -0.2) is 9.37 Å². The molecule has 1 aromatic heterocycles. The lowest BCUT2D eigenvalue weighted by Crippen LogP contribution is -2.05. The molecule has 0 radical (unpaired) electrons. The standard InChI is InChI=1S/C12H9BrFN5/c13-4-7-3-6(1-2-9(7)14)10-8(5-15)11(16)19-12(17)18-10/h1-3H,4H2,(H4,16,17,18,19). The number of halogens is 2. The summed E-state index contributed by atoms with van der Waals surface area (Å²) >= 11 is 3.19. The van der Waals surface area contributed by atoms with Crippen LogP contribution in [0.3, 0.4) is 0 Å². The second-order valence-electron chi connectivity index (χ2n) is 3.74. The second kappa shape index (κ2) is 5.20. The molecule has 1 heterocycles. The van der Waals surface area contributed by atoms with Gasteiger partial charge in [0.2, 0.25) is 5.95 Å². The Balaban J connectivity index is 2.68. The van der Waals surface area contributed by atoms with Crippen molar-refractivity contribution in [3.05, 3.63) is 35.1 Å². The molecule has 0 unspecified atom stereocenters. The van der Waals surface area contributed by atoms with Crippen LogP contribution in [0.25, 0.3) is 11.3 Å². The van der Waals surface area contributed by atoms with E-state index in [1.807, 2.05) is 6.07 Å². The first-order valence-electron chi connectivity index (χ1n) is 5.24. The van der Waals surface area contributed by atoms with Gasteiger partial charge in [0, 0.05) is 10.9 Å². The second-order valence-corrected chi connectivity index (χ2v) is 4.30. The van der Waals surface area contributed by atoms with Crippen molar-refractivity contribution in [2.75, 3.05) is 11.5 Å². The van der Waals surface area contributed by atoms with Gasteiger partial charge in [-0.1, -0.05) is 15.9 Å². The van der Waals surface area contributed by atoms with E-state index in [0.29, 0.717) is 22.2 Å². The maximum Gasteiger partial charge on any atom is 0.222 e. The third-order valence-electron chi connectivity index (χ3n) is 2.53. The van der Waals surface area contributed by atoms with E-state index in [9.17, 15) is 4.39 Å². The molecule has 0 aliphatic heterocycles. The predicted octanol–water partition coefficient (Wildman–Crippen LogP) is 2.21. The topological polar surface area (TPSA) is 102 Å². The number of aromatic nitrogens is 2. The molecule has 5 nitrogen and oxygen atoms in total. The molecular formula is C12H9BrFN5. The number of nitrogens with two attached hydrogens (primary N) is 2. The van der Waals surface area contributed by atoms with E-state index in [1.54, 1.807) is 6.07 Å². The van der Waals surface area contributed by atoms with Crippen LogP contribution in [0.2, 0.25) is 0 Å². The Bertz CT molecular complexity index is 681. The Hall–Kier alpha value is -2.20. The molecule has 0 atom stereocenters. The first kappa shape index (κ1) is 13.2. The van der Waals surface area contributed by atoms with E-state index >= 15 is 0 Å². The number of alkyl halides is 1. The molecule has 0 fully saturated rings. The molecule has 2 aromatic rings. The van der Waals surface area contributed by atoms with Gasteiger partial charge in [-0.05, 0) is 23.8 Å². The largest absolute Gasteiger partial charge is 0.382 e. The van der Waals surface area contributed by atoms with Gasteiger partial charge < -0.3 is 11.5 Å². The van der Waals surface area contributed by atoms with Gasteiger partial charge in [-0.15, -0.1) is 0 Å². The fourth-order valence-electron chi connectivity index (χ4n) is 1.64. The summed E-state index contributed by atoms with van der Waals surface area (Å²) in [5.41, 5.74) is 12.6. The first-order valence-corrected chi connectivity index (χ1v) is 6.36. The third kappa shape index (κ3) is 2.48. The average molecular weight is 322 g/mol. The molecule has 0 saturated carbocycles. The average Bonchev–Trinajstić information content (AvgIpc) is 2.38. The van der Waals surface area contributed by atoms with Crippen molar-refractivity contribution in [3.63, 3.8) is 0 Å². The molecule has 19 heavy (non-hydrogen) atoms. The Kier molecular flexibility index (Phi) is 3.62. The molecule has 0 saturated heterocycles. The summed E-state index contributed by atoms with van der Waals surface area (Å²) in [6.45, 7) is 0. The summed E-state index contributed by atoms with van der Waals surface area (Å²) in [6.07, 6.45) is 0. The van der Waals surface area contributed by atoms with Crippen molar-refractivity contribution in [2.24, 2.45) is 0 Å². The minimum absolute atomic E-state index is 0.00900. The number of nitriles is 1. The number of benzene rings is 1. The van der Waals surface area contributed by atoms with Crippen molar-refractivity contribution in [1.82, 2.24) is 9.97 Å². The maximum atomic E-state index is 13.4. The van der Waals surface area contributed by atoms with Gasteiger partial charge in [0.25, 0.3) is 0 Å². The van der Waals surface area contributed by atoms with Gasteiger partial charge in [0.1, 0.15) is 23.3 Å². The monoisotopic (exact) mass is 321 g/mol. The Morgan fingerprint density at radius 3 is 2.68 bits per heavy atom. The van der Waals surface area contributed by atoms with E-state index in [0.717, 1.165) is 0 Å². The third-order valence-corrected chi connectivity index (χ3v) is 3.13. The molecule has 0 aliphatic carbocycles. The first-order chi connectivity index (χ1) is 9.06. The highest BCUT2D eigenvalue weighted by molar-refractivity contribution is 9.08. The quantitative estimate of drug-likeness (QED) is 0.826. The van der Waals surface area contributed by atoms with Gasteiger partial charge in [-0.2, -0.15) is 10.2 Å². The maximum absolute atomic E-state index is 13.4. The van der Waals surface area contributed by atoms with E-state index in [-0.39, 0.29) is 23.1 Å². The van der Waals surface area contributed by atoms with E-state index < -0.39 is 0 Å². The zero-order chi connectivity index (χ0) is 14.0. The summed E-state index contributed by atoms with van der Waals surface area (Å²) in [4.78, 5) is 7.74. The summed E-state index contributed by atoms with van der Waals surface area (Å²) in [6, 6.07) is 6.34. The summed E-state index contributed by atoms with van der Waals surface area (Å²) < 4.78 is 13.4. The van der Waals surface area contributed by atoms with Crippen molar-refractivity contribution >= 4 is 27.7 Å². The molecule has 0 bridgehead atoms. The SMILES string of the molecule is N#Cc1c(N)nc(N)nc1-c1ccc(F)c(CBr)c1. The van der Waals surface area contributed by atoms with Crippen molar-refractivity contribution in [1.29, 1.82) is 5.26 Å². The van der Waals surface area contributed by atoms with E-state index in [4.69, 9.17) is 16.7 Å². The lowest BCUT2D eigenvalue weighted by Gasteiger charge is -2.08. The molecule has 1 aromatic carbocycles. The summed E-state index contributed by atoms with van der Waals surface area (Å²) in [5, 5.41) is 9.45. The fourth-order valence-corrected chi connectivity index (χ4v) is 2.07. The minimum Gasteiger partial charge on any atom is -0.382 e. The van der Waals surface area contributed by atoms with Gasteiger partial charge >= 0.3 is 0 Å². The smallest absolute Gasteiger partial charge is 0.222 e. The summed E-state index contributed by atoms with van der Waals surface area (Å²) in [5.74, 6) is -0.361. The number of nitrogens with zero attached hydrogens (tertiary/aromatic N) is 3. The van der Waals surface area contributed by atoms with Crippen LogP contribution in [0, 0.1) is 17.1 Å². The number of hydrogen-bond acceptors (Lipinski definition) is 5. The molecule has 7 heteroatoms. The van der Waals surface area contributed by atoms with Crippen LogP contribution < -0.4 is 11.5 Å². The van der Waals surface area contributed by atoms with Gasteiger partial charge in [-0.3, -0.25) is 0 Å². The molecule has 96 valence electrons. The van der Waals surface area contributed by atoms with Crippen LogP contribution in [0.4, 0.5) is 16.2 Å². The number of anilines is 2. The highest BCUT2D eigenvalue weighted by Gasteiger charge is 2.14. The van der Waals surface area contributed by atoms with Crippen molar-refractivity contribution in [3.8, 4) is 17.3 Å². The number of rotatable bonds is 2. The lowest BCUT2D eigenvalue weighted by molar-refractivity contribution is 0.618. The van der Waals surface area contributed by atoms with Crippen LogP contribution in [0.5, 0.6) is 0 Å². The highest BCUT2D eigenvalue weighted by Crippen LogP contribution is 2.27. The van der Waals surface area contributed by atoms with E-state index in [1.165, 1.54) is 12.1 Å². The molecule has 0 aliphatic rings. The van der Waals surface area contributed by atoms with Crippen molar-refractivity contribution < 1.29 is 4.39 Å². The van der Waals surface area contributed by atoms with Crippen LogP contribution >= 0.6 is 15.9 Å². The number of nitrogen functional groups attached to an aromatic ring is 2. The molecule has 4 N–H and O–H groups in total. The molecule has 0 spiro atoms. The van der Waals surface area contributed by atoms with Gasteiger partial charge in [0.05, 0.1) is 5.69 Å². The Morgan fingerprint density at radius 2 is 2.05 bits per heavy atom. The van der Waals surface area contributed by atoms with Crippen LogP contribution in [-0.4, -0.2) is 9.97 Å². The van der Waals surface area contributed by atoms with Crippen molar-refractivity contribution in [2.45, 2.75) is 5.33 Å².